The Bertz CT molecular complexity index is 538. The van der Waals surface area contributed by atoms with Crippen LogP contribution >= 0.6 is 0 Å². The third-order valence-electron chi connectivity index (χ3n) is 4.20. The number of ether oxygens (including phenoxy) is 2. The first-order chi connectivity index (χ1) is 11.6. The fourth-order valence-corrected chi connectivity index (χ4v) is 2.52. The summed E-state index contributed by atoms with van der Waals surface area (Å²) in [7, 11) is 0. The second-order valence-electron chi connectivity index (χ2n) is 6.19. The van der Waals surface area contributed by atoms with Crippen molar-refractivity contribution in [2.75, 3.05) is 32.9 Å². The number of hydrogen-bond donors (Lipinski definition) is 2. The van der Waals surface area contributed by atoms with Crippen molar-refractivity contribution in [1.82, 2.24) is 5.32 Å². The Kier molecular flexibility index (Phi) is 7.21. The van der Waals surface area contributed by atoms with Crippen LogP contribution < -0.4 is 10.2 Å². The average Bonchev–Trinajstić information content (AvgIpc) is 2.61. The molecule has 0 aromatic heterocycles. The van der Waals surface area contributed by atoms with Gasteiger partial charge in [0, 0.05) is 11.6 Å². The van der Waals surface area contributed by atoms with Crippen LogP contribution in [0.2, 0.25) is 0 Å². The van der Waals surface area contributed by atoms with E-state index in [-0.39, 0.29) is 18.6 Å². The fourth-order valence-electron chi connectivity index (χ4n) is 2.52. The Labute approximate surface area is 143 Å². The minimum absolute atomic E-state index is 0.0816. The number of esters is 1. The molecule has 1 amide bonds. The van der Waals surface area contributed by atoms with Gasteiger partial charge in [0.25, 0.3) is 5.91 Å². The number of quaternary nitrogens is 1. The largest absolute Gasteiger partial charge is 0.452 e. The van der Waals surface area contributed by atoms with Gasteiger partial charge < -0.3 is 19.7 Å². The maximum Gasteiger partial charge on any atom is 0.338 e. The molecule has 2 rings (SSSR count). The van der Waals surface area contributed by atoms with Gasteiger partial charge in [-0.1, -0.05) is 19.1 Å². The Morgan fingerprint density at radius 2 is 1.92 bits per heavy atom. The van der Waals surface area contributed by atoms with Crippen molar-refractivity contribution in [3.05, 3.63) is 35.4 Å². The molecule has 1 aromatic carbocycles. The second kappa shape index (κ2) is 9.39. The van der Waals surface area contributed by atoms with Crippen LogP contribution in [-0.2, 0) is 20.8 Å². The molecular formula is C18H27N2O4+. The minimum Gasteiger partial charge on any atom is -0.452 e. The van der Waals surface area contributed by atoms with Crippen molar-refractivity contribution in [2.24, 2.45) is 0 Å². The number of carbonyl (C=O) groups excluding carboxylic acids is 2. The Balaban J connectivity index is 1.79. The lowest BCUT2D eigenvalue weighted by molar-refractivity contribution is -0.921. The molecule has 24 heavy (non-hydrogen) atoms. The molecule has 1 aromatic rings. The number of benzene rings is 1. The van der Waals surface area contributed by atoms with E-state index in [1.165, 1.54) is 10.5 Å². The van der Waals surface area contributed by atoms with Gasteiger partial charge in [0.2, 0.25) is 0 Å². The van der Waals surface area contributed by atoms with Crippen LogP contribution in [0.4, 0.5) is 0 Å². The highest BCUT2D eigenvalue weighted by Crippen LogP contribution is 2.05. The lowest BCUT2D eigenvalue weighted by atomic mass is 10.1. The quantitative estimate of drug-likeness (QED) is 0.697. The molecule has 0 aliphatic carbocycles. The van der Waals surface area contributed by atoms with Gasteiger partial charge in [-0.3, -0.25) is 4.79 Å². The van der Waals surface area contributed by atoms with E-state index < -0.39 is 5.97 Å². The Morgan fingerprint density at radius 1 is 1.25 bits per heavy atom. The summed E-state index contributed by atoms with van der Waals surface area (Å²) in [4.78, 5) is 25.1. The maximum atomic E-state index is 12.0. The zero-order chi connectivity index (χ0) is 17.4. The van der Waals surface area contributed by atoms with Gasteiger partial charge in [-0.25, -0.2) is 4.79 Å². The third-order valence-corrected chi connectivity index (χ3v) is 4.20. The number of carbonyl (C=O) groups is 2. The fraction of sp³-hybridized carbons (Fsp3) is 0.556. The van der Waals surface area contributed by atoms with E-state index in [4.69, 9.17) is 9.47 Å². The Hall–Kier alpha value is -1.92. The summed E-state index contributed by atoms with van der Waals surface area (Å²) in [5, 5.41) is 2.76. The van der Waals surface area contributed by atoms with Gasteiger partial charge in [-0.15, -0.1) is 0 Å². The first-order valence-electron chi connectivity index (χ1n) is 8.55. The van der Waals surface area contributed by atoms with Crippen molar-refractivity contribution in [1.29, 1.82) is 0 Å². The van der Waals surface area contributed by atoms with Crippen LogP contribution in [0.1, 0.15) is 36.2 Å². The highest BCUT2D eigenvalue weighted by molar-refractivity contribution is 5.91. The van der Waals surface area contributed by atoms with Crippen LogP contribution in [0.5, 0.6) is 0 Å². The normalized spacial score (nSPS) is 16.4. The summed E-state index contributed by atoms with van der Waals surface area (Å²) in [6.07, 6.45) is 0.840. The zero-order valence-electron chi connectivity index (χ0n) is 14.5. The van der Waals surface area contributed by atoms with E-state index in [0.717, 1.165) is 39.3 Å². The molecule has 1 heterocycles. The highest BCUT2D eigenvalue weighted by atomic mass is 16.5. The van der Waals surface area contributed by atoms with E-state index in [9.17, 15) is 9.59 Å². The average molecular weight is 335 g/mol. The Morgan fingerprint density at radius 3 is 2.54 bits per heavy atom. The summed E-state index contributed by atoms with van der Waals surface area (Å²) in [6, 6.07) is 7.48. The summed E-state index contributed by atoms with van der Waals surface area (Å²) in [6.45, 7) is 8.20. The molecule has 1 fully saturated rings. The molecule has 6 nitrogen and oxygen atoms in total. The predicted molar refractivity (Wildman–Crippen MR) is 89.8 cm³/mol. The van der Waals surface area contributed by atoms with Crippen LogP contribution in [0, 0.1) is 0 Å². The second-order valence-corrected chi connectivity index (χ2v) is 6.19. The van der Waals surface area contributed by atoms with E-state index in [1.807, 2.05) is 26.0 Å². The summed E-state index contributed by atoms with van der Waals surface area (Å²) < 4.78 is 10.4. The minimum atomic E-state index is -0.473. The van der Waals surface area contributed by atoms with E-state index in [0.29, 0.717) is 5.56 Å². The van der Waals surface area contributed by atoms with Crippen molar-refractivity contribution in [3.8, 4) is 0 Å². The number of rotatable bonds is 7. The molecule has 0 unspecified atom stereocenters. The molecular weight excluding hydrogens is 308 g/mol. The maximum absolute atomic E-state index is 12.0. The molecule has 1 aliphatic heterocycles. The number of amides is 1. The third kappa shape index (κ3) is 5.94. The molecule has 0 radical (unpaired) electrons. The number of nitrogens with one attached hydrogen (secondary N) is 2. The topological polar surface area (TPSA) is 69.1 Å². The number of morpholine rings is 1. The van der Waals surface area contributed by atoms with Gasteiger partial charge in [0.15, 0.2) is 6.61 Å². The predicted octanol–water partition coefficient (Wildman–Crippen LogP) is 0.173. The molecule has 2 N–H and O–H groups in total. The first kappa shape index (κ1) is 18.4. The molecule has 0 bridgehead atoms. The van der Waals surface area contributed by atoms with Gasteiger partial charge in [0.1, 0.15) is 19.6 Å². The van der Waals surface area contributed by atoms with E-state index in [2.05, 4.69) is 5.32 Å². The molecule has 0 spiro atoms. The van der Waals surface area contributed by atoms with Crippen molar-refractivity contribution < 1.29 is 24.0 Å². The van der Waals surface area contributed by atoms with Crippen LogP contribution in [0.15, 0.2) is 24.3 Å². The van der Waals surface area contributed by atoms with Crippen LogP contribution in [0.3, 0.4) is 0 Å². The van der Waals surface area contributed by atoms with Gasteiger partial charge >= 0.3 is 5.97 Å². The van der Waals surface area contributed by atoms with Crippen LogP contribution in [-0.4, -0.2) is 50.8 Å². The summed E-state index contributed by atoms with van der Waals surface area (Å²) >= 11 is 0. The molecule has 6 heteroatoms. The van der Waals surface area contributed by atoms with Crippen molar-refractivity contribution in [2.45, 2.75) is 32.9 Å². The lowest BCUT2D eigenvalue weighted by Crippen LogP contribution is -3.12. The van der Waals surface area contributed by atoms with E-state index >= 15 is 0 Å². The first-order valence-corrected chi connectivity index (χ1v) is 8.55. The molecule has 132 valence electrons. The monoisotopic (exact) mass is 335 g/mol. The summed E-state index contributed by atoms with van der Waals surface area (Å²) in [5.41, 5.74) is 1.64. The highest BCUT2D eigenvalue weighted by Gasteiger charge is 2.15. The molecule has 0 saturated carbocycles. The van der Waals surface area contributed by atoms with Crippen molar-refractivity contribution in [3.63, 3.8) is 0 Å². The van der Waals surface area contributed by atoms with Crippen molar-refractivity contribution >= 4 is 11.9 Å². The van der Waals surface area contributed by atoms with Gasteiger partial charge in [-0.05, 0) is 25.5 Å². The van der Waals surface area contributed by atoms with Gasteiger partial charge in [0.05, 0.1) is 18.8 Å². The zero-order valence-corrected chi connectivity index (χ0v) is 14.5. The van der Waals surface area contributed by atoms with Gasteiger partial charge in [-0.2, -0.15) is 0 Å². The van der Waals surface area contributed by atoms with Crippen LogP contribution in [0.25, 0.3) is 0 Å². The van der Waals surface area contributed by atoms with E-state index in [1.54, 1.807) is 12.1 Å². The SMILES string of the molecule is CC[C@@H](C)NC(=O)COC(=O)c1ccc(C[NH+]2CCOCC2)cc1. The standard InChI is InChI=1S/C18H26N2O4/c1-3-14(2)19-17(21)13-24-18(22)16-6-4-15(5-7-16)12-20-8-10-23-11-9-20/h4-7,14H,3,8-13H2,1-2H3,(H,19,21)/p+1/t14-/m1/s1. The summed E-state index contributed by atoms with van der Waals surface area (Å²) in [5.74, 6) is -0.746. The molecule has 1 saturated heterocycles. The molecule has 1 atom stereocenters. The lowest BCUT2D eigenvalue weighted by Gasteiger charge is -2.23. The number of hydrogen-bond acceptors (Lipinski definition) is 4. The molecule has 1 aliphatic rings. The smallest absolute Gasteiger partial charge is 0.338 e.